The fourth-order valence-corrected chi connectivity index (χ4v) is 7.35. The molecule has 43 heavy (non-hydrogen) atoms. The molecule has 10 nitrogen and oxygen atoms in total. The molecule has 4 atom stereocenters. The summed E-state index contributed by atoms with van der Waals surface area (Å²) in [5.41, 5.74) is 5.28. The predicted molar refractivity (Wildman–Crippen MR) is 160 cm³/mol. The van der Waals surface area contributed by atoms with Crippen molar-refractivity contribution in [2.45, 2.75) is 44.2 Å². The molecule has 4 aromatic rings. The first-order chi connectivity index (χ1) is 20.6. The van der Waals surface area contributed by atoms with Crippen LogP contribution in [0.4, 0.5) is 5.69 Å². The largest absolute Gasteiger partial charge is 0.508 e. The Bertz CT molecular complexity index is 1950. The van der Waals surface area contributed by atoms with E-state index in [1.54, 1.807) is 19.1 Å². The van der Waals surface area contributed by atoms with Gasteiger partial charge in [-0.3, -0.25) is 15.0 Å². The number of allylic oxidation sites excluding steroid dienone is 2. The first-order valence-electron chi connectivity index (χ1n) is 14.3. The monoisotopic (exact) mass is 577 g/mol. The highest BCUT2D eigenvalue weighted by Gasteiger charge is 2.68. The molecule has 218 valence electrons. The molecule has 3 heterocycles. The van der Waals surface area contributed by atoms with E-state index in [1.165, 1.54) is 16.4 Å². The number of phenols is 1. The Morgan fingerprint density at radius 1 is 0.907 bits per heavy atom. The van der Waals surface area contributed by atoms with Gasteiger partial charge < -0.3 is 5.11 Å². The molecule has 1 saturated heterocycles. The van der Waals surface area contributed by atoms with Gasteiger partial charge >= 0.3 is 11.4 Å². The molecule has 2 fully saturated rings. The van der Waals surface area contributed by atoms with Gasteiger partial charge in [0.15, 0.2) is 0 Å². The number of imide groups is 1. The zero-order valence-electron chi connectivity index (χ0n) is 24.0. The smallest absolute Gasteiger partial charge is 0.347 e. The Balaban J connectivity index is 1.50. The Morgan fingerprint density at radius 2 is 1.63 bits per heavy atom. The van der Waals surface area contributed by atoms with Crippen LogP contribution in [-0.2, 0) is 28.6 Å². The molecule has 3 aliphatic rings. The topological polar surface area (TPSA) is 119 Å². The van der Waals surface area contributed by atoms with Crippen LogP contribution >= 0.6 is 0 Å². The molecule has 10 heteroatoms. The molecule has 1 aliphatic carbocycles. The number of amides is 2. The van der Waals surface area contributed by atoms with Crippen molar-refractivity contribution < 1.29 is 14.7 Å². The van der Waals surface area contributed by atoms with E-state index >= 15 is 0 Å². The van der Waals surface area contributed by atoms with Gasteiger partial charge in [0.05, 0.1) is 29.6 Å². The van der Waals surface area contributed by atoms with E-state index in [-0.39, 0.29) is 18.7 Å². The van der Waals surface area contributed by atoms with Crippen molar-refractivity contribution in [1.82, 2.24) is 18.9 Å². The fourth-order valence-electron chi connectivity index (χ4n) is 7.35. The highest BCUT2D eigenvalue weighted by Crippen LogP contribution is 2.61. The van der Waals surface area contributed by atoms with Gasteiger partial charge in [0, 0.05) is 13.0 Å². The summed E-state index contributed by atoms with van der Waals surface area (Å²) in [5.74, 6) is -2.22. The van der Waals surface area contributed by atoms with Crippen LogP contribution in [-0.4, -0.2) is 35.9 Å². The zero-order valence-corrected chi connectivity index (χ0v) is 24.0. The third kappa shape index (κ3) is 3.65. The van der Waals surface area contributed by atoms with E-state index in [0.29, 0.717) is 16.8 Å². The quantitative estimate of drug-likeness (QED) is 0.284. The van der Waals surface area contributed by atoms with E-state index in [9.17, 15) is 24.3 Å². The van der Waals surface area contributed by atoms with Crippen LogP contribution in [0.5, 0.6) is 5.75 Å². The highest BCUT2D eigenvalue weighted by molar-refractivity contribution is 6.12. The summed E-state index contributed by atoms with van der Waals surface area (Å²) in [5, 5.41) is 11.5. The number of hydrogen-bond donors (Lipinski definition) is 2. The first-order valence-corrected chi connectivity index (χ1v) is 14.3. The summed E-state index contributed by atoms with van der Waals surface area (Å²) < 4.78 is 3.91. The summed E-state index contributed by atoms with van der Waals surface area (Å²) >= 11 is 0. The van der Waals surface area contributed by atoms with Crippen molar-refractivity contribution in [1.29, 1.82) is 0 Å². The summed E-state index contributed by atoms with van der Waals surface area (Å²) in [7, 11) is 1.44. The maximum absolute atomic E-state index is 15.0. The van der Waals surface area contributed by atoms with E-state index in [4.69, 9.17) is 0 Å². The summed E-state index contributed by atoms with van der Waals surface area (Å²) in [4.78, 5) is 55.8. The van der Waals surface area contributed by atoms with Gasteiger partial charge in [0.1, 0.15) is 5.75 Å². The minimum atomic E-state index is -1.36. The normalized spacial score (nSPS) is 24.3. The Morgan fingerprint density at radius 3 is 2.33 bits per heavy atom. The van der Waals surface area contributed by atoms with Crippen molar-refractivity contribution in [2.24, 2.45) is 13.0 Å². The molecule has 1 saturated carbocycles. The Kier molecular flexibility index (Phi) is 5.88. The van der Waals surface area contributed by atoms with Crippen molar-refractivity contribution in [3.8, 4) is 5.75 Å². The lowest BCUT2D eigenvalue weighted by atomic mass is 9.53. The molecule has 2 aliphatic heterocycles. The lowest BCUT2D eigenvalue weighted by Crippen LogP contribution is -2.53. The van der Waals surface area contributed by atoms with Gasteiger partial charge in [-0.25, -0.2) is 23.5 Å². The van der Waals surface area contributed by atoms with Gasteiger partial charge in [-0.15, -0.1) is 0 Å². The Hall–Kier alpha value is -5.12. The van der Waals surface area contributed by atoms with E-state index in [1.807, 2.05) is 73.7 Å². The maximum Gasteiger partial charge on any atom is 0.347 e. The number of carbonyl (C=O) groups is 2. The van der Waals surface area contributed by atoms with Gasteiger partial charge in [-0.2, -0.15) is 5.01 Å². The predicted octanol–water partition coefficient (Wildman–Crippen LogP) is 3.29. The third-order valence-electron chi connectivity index (χ3n) is 9.40. The average Bonchev–Trinajstić information content (AvgIpc) is 3.36. The highest BCUT2D eigenvalue weighted by atomic mass is 16.3. The maximum atomic E-state index is 15.0. The number of nitrogens with zero attached hydrogens (tertiary/aromatic N) is 4. The molecule has 0 radical (unpaired) electrons. The van der Waals surface area contributed by atoms with Crippen LogP contribution < -0.4 is 16.8 Å². The lowest BCUT2D eigenvalue weighted by molar-refractivity contribution is -0.138. The number of benzene rings is 3. The molecule has 2 N–H and O–H groups in total. The number of aromatic nitrogens is 3. The molecule has 4 unspecified atom stereocenters. The second-order valence-corrected chi connectivity index (χ2v) is 11.7. The fraction of sp³-hybridized carbons (Fsp3) is 0.273. The standard InChI is InChI=1S/C33H31N5O5/c1-19-9-12-23(13-10-19)34-37-29(40)25-18-26-24(15-16-36-31(42)35(3)32(43)38(26)36)28(21-11-14-27(39)20(2)17-21)33(25,30(37)41)22-7-5-4-6-8-22/h4-15,17,25-26,28,34,39H,16,18H2,1-3H3. The third-order valence-corrected chi connectivity index (χ3v) is 9.40. The minimum Gasteiger partial charge on any atom is -0.508 e. The van der Waals surface area contributed by atoms with Crippen LogP contribution in [0.3, 0.4) is 0 Å². The molecule has 0 bridgehead atoms. The van der Waals surface area contributed by atoms with Gasteiger partial charge in [0.2, 0.25) is 0 Å². The lowest BCUT2D eigenvalue weighted by Gasteiger charge is -2.49. The first kappa shape index (κ1) is 26.8. The van der Waals surface area contributed by atoms with E-state index in [0.717, 1.165) is 26.3 Å². The minimum absolute atomic E-state index is 0.114. The molecule has 2 amide bonds. The van der Waals surface area contributed by atoms with Gasteiger partial charge in [0.25, 0.3) is 11.8 Å². The molecular weight excluding hydrogens is 546 g/mol. The summed E-state index contributed by atoms with van der Waals surface area (Å²) in [6, 6.07) is 21.4. The second-order valence-electron chi connectivity index (χ2n) is 11.7. The molecule has 7 rings (SSSR count). The van der Waals surface area contributed by atoms with E-state index < -0.39 is 46.5 Å². The summed E-state index contributed by atoms with van der Waals surface area (Å²) in [6.45, 7) is 3.89. The number of hydrazine groups is 1. The number of hydrogen-bond acceptors (Lipinski definition) is 6. The van der Waals surface area contributed by atoms with Crippen LogP contribution in [0.1, 0.15) is 40.6 Å². The van der Waals surface area contributed by atoms with Crippen LogP contribution in [0.2, 0.25) is 0 Å². The zero-order chi connectivity index (χ0) is 30.2. The number of rotatable bonds is 4. The van der Waals surface area contributed by atoms with Crippen molar-refractivity contribution >= 4 is 17.5 Å². The number of phenolic OH excluding ortho intramolecular Hbond substituents is 1. The molecular formula is C33H31N5O5. The number of fused-ring (bicyclic) bond motifs is 4. The van der Waals surface area contributed by atoms with E-state index in [2.05, 4.69) is 5.43 Å². The molecule has 3 aromatic carbocycles. The number of carbonyl (C=O) groups excluding carboxylic acids is 2. The number of anilines is 1. The van der Waals surface area contributed by atoms with Gasteiger partial charge in [-0.05, 0) is 60.7 Å². The number of aryl methyl sites for hydroxylation is 2. The van der Waals surface area contributed by atoms with Gasteiger partial charge in [-0.1, -0.05) is 66.2 Å². The number of aromatic hydroxyl groups is 1. The van der Waals surface area contributed by atoms with Crippen molar-refractivity contribution in [2.75, 3.05) is 5.43 Å². The summed E-state index contributed by atoms with van der Waals surface area (Å²) in [6.07, 6.45) is 2.07. The average molecular weight is 578 g/mol. The van der Waals surface area contributed by atoms with Crippen LogP contribution in [0.25, 0.3) is 0 Å². The second kappa shape index (κ2) is 9.45. The molecule has 1 aromatic heterocycles. The molecule has 0 spiro atoms. The van der Waals surface area contributed by atoms with Crippen LogP contribution in [0, 0.1) is 19.8 Å². The van der Waals surface area contributed by atoms with Crippen LogP contribution in [0.15, 0.2) is 94.0 Å². The van der Waals surface area contributed by atoms with Crippen molar-refractivity contribution in [3.05, 3.63) is 128 Å². The van der Waals surface area contributed by atoms with Crippen molar-refractivity contribution in [3.63, 3.8) is 0 Å². The SMILES string of the molecule is Cc1ccc(NN2C(=O)C3CC4C(=CCn5c(=O)n(C)c(=O)n54)C(c4ccc(O)c(C)c4)C3(c3ccccc3)C2=O)cc1. The Labute approximate surface area is 247 Å². The number of nitrogens with one attached hydrogen (secondary N) is 1.